The van der Waals surface area contributed by atoms with Gasteiger partial charge in [0.2, 0.25) is 0 Å². The van der Waals surface area contributed by atoms with Gasteiger partial charge in [-0.1, -0.05) is 6.92 Å². The zero-order valence-corrected chi connectivity index (χ0v) is 10.4. The van der Waals surface area contributed by atoms with Gasteiger partial charge < -0.3 is 10.3 Å². The van der Waals surface area contributed by atoms with E-state index < -0.39 is 0 Å². The lowest BCUT2D eigenvalue weighted by Gasteiger charge is -2.03. The predicted octanol–water partition coefficient (Wildman–Crippen LogP) is 1.39. The van der Waals surface area contributed by atoms with Gasteiger partial charge in [-0.3, -0.25) is 4.79 Å². The molecule has 0 bridgehead atoms. The van der Waals surface area contributed by atoms with Crippen molar-refractivity contribution in [3.8, 4) is 11.5 Å². The third-order valence-electron chi connectivity index (χ3n) is 2.20. The van der Waals surface area contributed by atoms with Gasteiger partial charge in [0.15, 0.2) is 5.82 Å². The molecule has 0 radical (unpaired) electrons. The first kappa shape index (κ1) is 11.9. The Kier molecular flexibility index (Phi) is 4.00. The molecule has 2 aromatic rings. The van der Waals surface area contributed by atoms with Crippen molar-refractivity contribution in [2.45, 2.75) is 19.9 Å². The number of rotatable bonds is 5. The summed E-state index contributed by atoms with van der Waals surface area (Å²) in [6, 6.07) is 1.51. The van der Waals surface area contributed by atoms with E-state index in [9.17, 15) is 4.79 Å². The average molecular weight is 250 g/mol. The van der Waals surface area contributed by atoms with E-state index in [1.54, 1.807) is 5.51 Å². The van der Waals surface area contributed by atoms with Crippen molar-refractivity contribution in [3.05, 3.63) is 33.0 Å². The molecule has 0 fully saturated rings. The monoisotopic (exact) mass is 250 g/mol. The SMILES string of the molecule is CCCNCc1cc(=O)[nH]c(-c2cscn2)n1. The molecule has 2 heterocycles. The highest BCUT2D eigenvalue weighted by molar-refractivity contribution is 7.07. The number of aromatic nitrogens is 3. The Hall–Kier alpha value is -1.53. The molecule has 17 heavy (non-hydrogen) atoms. The maximum atomic E-state index is 11.5. The molecule has 0 amide bonds. The molecule has 0 aliphatic rings. The predicted molar refractivity (Wildman–Crippen MR) is 68.0 cm³/mol. The van der Waals surface area contributed by atoms with Crippen molar-refractivity contribution in [2.75, 3.05) is 6.54 Å². The topological polar surface area (TPSA) is 70.7 Å². The summed E-state index contributed by atoms with van der Waals surface area (Å²) in [6.45, 7) is 3.62. The largest absolute Gasteiger partial charge is 0.311 e. The highest BCUT2D eigenvalue weighted by atomic mass is 32.1. The van der Waals surface area contributed by atoms with Gasteiger partial charge in [0.25, 0.3) is 5.56 Å². The summed E-state index contributed by atoms with van der Waals surface area (Å²) in [6.07, 6.45) is 1.06. The summed E-state index contributed by atoms with van der Waals surface area (Å²) in [5, 5.41) is 5.08. The van der Waals surface area contributed by atoms with E-state index in [0.29, 0.717) is 18.1 Å². The van der Waals surface area contributed by atoms with Gasteiger partial charge in [-0.05, 0) is 13.0 Å². The van der Waals surface area contributed by atoms with Crippen LogP contribution in [0.5, 0.6) is 0 Å². The van der Waals surface area contributed by atoms with Gasteiger partial charge in [-0.25, -0.2) is 9.97 Å². The first-order chi connectivity index (χ1) is 8.29. The number of H-pyrrole nitrogens is 1. The zero-order valence-electron chi connectivity index (χ0n) is 9.56. The first-order valence-corrected chi connectivity index (χ1v) is 6.43. The molecular formula is C11H14N4OS. The lowest BCUT2D eigenvalue weighted by atomic mass is 10.3. The Morgan fingerprint density at radius 1 is 1.53 bits per heavy atom. The fourth-order valence-corrected chi connectivity index (χ4v) is 1.98. The summed E-state index contributed by atoms with van der Waals surface area (Å²) in [4.78, 5) is 22.7. The van der Waals surface area contributed by atoms with Crippen LogP contribution in [0.25, 0.3) is 11.5 Å². The molecule has 0 aromatic carbocycles. The molecule has 90 valence electrons. The molecule has 0 saturated carbocycles. The molecule has 2 rings (SSSR count). The molecule has 0 saturated heterocycles. The Bertz CT molecular complexity index is 521. The molecule has 0 spiro atoms. The number of aromatic amines is 1. The minimum absolute atomic E-state index is 0.142. The van der Waals surface area contributed by atoms with E-state index in [1.165, 1.54) is 17.4 Å². The summed E-state index contributed by atoms with van der Waals surface area (Å²) >= 11 is 1.48. The smallest absolute Gasteiger partial charge is 0.251 e. The van der Waals surface area contributed by atoms with Crippen LogP contribution in [0, 0.1) is 0 Å². The Morgan fingerprint density at radius 2 is 2.41 bits per heavy atom. The molecule has 6 heteroatoms. The van der Waals surface area contributed by atoms with Crippen LogP contribution in [0.2, 0.25) is 0 Å². The lowest BCUT2D eigenvalue weighted by Crippen LogP contribution is -2.18. The van der Waals surface area contributed by atoms with Crippen molar-refractivity contribution in [2.24, 2.45) is 0 Å². The van der Waals surface area contributed by atoms with Gasteiger partial charge in [-0.15, -0.1) is 11.3 Å². The van der Waals surface area contributed by atoms with E-state index >= 15 is 0 Å². The quantitative estimate of drug-likeness (QED) is 0.787. The first-order valence-electron chi connectivity index (χ1n) is 5.49. The fraction of sp³-hybridized carbons (Fsp3) is 0.364. The van der Waals surface area contributed by atoms with Crippen molar-refractivity contribution < 1.29 is 0 Å². The van der Waals surface area contributed by atoms with E-state index in [4.69, 9.17) is 0 Å². The summed E-state index contributed by atoms with van der Waals surface area (Å²) in [7, 11) is 0. The van der Waals surface area contributed by atoms with Gasteiger partial charge >= 0.3 is 0 Å². The van der Waals surface area contributed by atoms with E-state index in [1.807, 2.05) is 5.38 Å². The highest BCUT2D eigenvalue weighted by Crippen LogP contribution is 2.12. The third kappa shape index (κ3) is 3.21. The van der Waals surface area contributed by atoms with Gasteiger partial charge in [-0.2, -0.15) is 0 Å². The van der Waals surface area contributed by atoms with Crippen molar-refractivity contribution >= 4 is 11.3 Å². The Balaban J connectivity index is 2.21. The molecule has 0 atom stereocenters. The van der Waals surface area contributed by atoms with E-state index in [0.717, 1.165) is 18.7 Å². The zero-order chi connectivity index (χ0) is 12.1. The normalized spacial score (nSPS) is 10.6. The van der Waals surface area contributed by atoms with Crippen molar-refractivity contribution in [1.82, 2.24) is 20.3 Å². The second-order valence-corrected chi connectivity index (χ2v) is 4.35. The second-order valence-electron chi connectivity index (χ2n) is 3.64. The fourth-order valence-electron chi connectivity index (χ4n) is 1.44. The minimum atomic E-state index is -0.142. The maximum Gasteiger partial charge on any atom is 0.251 e. The molecule has 2 N–H and O–H groups in total. The molecule has 5 nitrogen and oxygen atoms in total. The number of hydrogen-bond donors (Lipinski definition) is 2. The summed E-state index contributed by atoms with van der Waals surface area (Å²) in [5.74, 6) is 0.534. The maximum absolute atomic E-state index is 11.5. The van der Waals surface area contributed by atoms with Crippen LogP contribution in [-0.4, -0.2) is 21.5 Å². The van der Waals surface area contributed by atoms with Crippen LogP contribution in [0.1, 0.15) is 19.0 Å². The van der Waals surface area contributed by atoms with E-state index in [-0.39, 0.29) is 5.56 Å². The summed E-state index contributed by atoms with van der Waals surface area (Å²) in [5.41, 5.74) is 3.03. The van der Waals surface area contributed by atoms with Gasteiger partial charge in [0.1, 0.15) is 5.69 Å². The molecule has 0 aliphatic heterocycles. The Labute approximate surface area is 103 Å². The number of nitrogens with zero attached hydrogens (tertiary/aromatic N) is 2. The lowest BCUT2D eigenvalue weighted by molar-refractivity contribution is 0.662. The average Bonchev–Trinajstić information content (AvgIpc) is 2.82. The minimum Gasteiger partial charge on any atom is -0.311 e. The van der Waals surface area contributed by atoms with Crippen LogP contribution in [0.15, 0.2) is 21.8 Å². The molecule has 0 aliphatic carbocycles. The van der Waals surface area contributed by atoms with Crippen LogP contribution in [-0.2, 0) is 6.54 Å². The molecular weight excluding hydrogens is 236 g/mol. The van der Waals surface area contributed by atoms with Crippen LogP contribution >= 0.6 is 11.3 Å². The number of hydrogen-bond acceptors (Lipinski definition) is 5. The van der Waals surface area contributed by atoms with Gasteiger partial charge in [0.05, 0.1) is 11.2 Å². The van der Waals surface area contributed by atoms with Gasteiger partial charge in [0, 0.05) is 18.0 Å². The second kappa shape index (κ2) is 5.70. The molecule has 2 aromatic heterocycles. The summed E-state index contributed by atoms with van der Waals surface area (Å²) < 4.78 is 0. The number of thiazole rings is 1. The van der Waals surface area contributed by atoms with Crippen LogP contribution < -0.4 is 10.9 Å². The highest BCUT2D eigenvalue weighted by Gasteiger charge is 2.05. The number of nitrogens with one attached hydrogen (secondary N) is 2. The van der Waals surface area contributed by atoms with E-state index in [2.05, 4.69) is 27.2 Å². The standard InChI is InChI=1S/C11H14N4OS/c1-2-3-12-5-8-4-10(16)15-11(14-8)9-6-17-7-13-9/h4,6-7,12H,2-3,5H2,1H3,(H,14,15,16). The van der Waals surface area contributed by atoms with Crippen molar-refractivity contribution in [3.63, 3.8) is 0 Å². The van der Waals surface area contributed by atoms with Crippen molar-refractivity contribution in [1.29, 1.82) is 0 Å². The van der Waals surface area contributed by atoms with Crippen LogP contribution in [0.4, 0.5) is 0 Å². The Morgan fingerprint density at radius 3 is 3.12 bits per heavy atom. The van der Waals surface area contributed by atoms with Crippen LogP contribution in [0.3, 0.4) is 0 Å². The third-order valence-corrected chi connectivity index (χ3v) is 2.79. The molecule has 0 unspecified atom stereocenters.